The number of Topliss-reactive ketones (excluding diaryl/α,β-unsaturated/α-hetero) is 1. The van der Waals surface area contributed by atoms with E-state index in [0.717, 1.165) is 50.5 Å². The number of fused-ring (bicyclic) bond motifs is 5. The van der Waals surface area contributed by atoms with E-state index in [0.29, 0.717) is 41.8 Å². The van der Waals surface area contributed by atoms with Crippen LogP contribution >= 0.6 is 0 Å². The number of nitrogens with two attached hydrogens (primary N) is 1. The summed E-state index contributed by atoms with van der Waals surface area (Å²) in [6.07, 6.45) is 16.6. The van der Waals surface area contributed by atoms with Crippen LogP contribution in [0, 0.1) is 34.5 Å². The molecule has 5 aliphatic rings. The zero-order valence-corrected chi connectivity index (χ0v) is 18.7. The van der Waals surface area contributed by atoms with E-state index in [-0.39, 0.29) is 22.5 Å². The molecule has 0 spiro atoms. The molecule has 4 nitrogen and oxygen atoms in total. The summed E-state index contributed by atoms with van der Waals surface area (Å²) in [5, 5.41) is 3.44. The quantitative estimate of drug-likeness (QED) is 0.696. The van der Waals surface area contributed by atoms with Crippen LogP contribution in [0.25, 0.3) is 0 Å². The van der Waals surface area contributed by atoms with Crippen molar-refractivity contribution < 1.29 is 9.59 Å². The molecular weight excluding hydrogens is 372 g/mol. The van der Waals surface area contributed by atoms with Crippen molar-refractivity contribution in [2.75, 3.05) is 0 Å². The highest BCUT2D eigenvalue weighted by Crippen LogP contribution is 2.65. The minimum atomic E-state index is 0.0151. The Kier molecular flexibility index (Phi) is 4.91. The van der Waals surface area contributed by atoms with Crippen molar-refractivity contribution in [1.29, 1.82) is 0 Å². The topological polar surface area (TPSA) is 72.2 Å². The zero-order chi connectivity index (χ0) is 21.1. The van der Waals surface area contributed by atoms with Crippen molar-refractivity contribution in [3.8, 4) is 0 Å². The highest BCUT2D eigenvalue weighted by molar-refractivity contribution is 5.97. The summed E-state index contributed by atoms with van der Waals surface area (Å²) in [6.45, 7) is 4.74. The SMILES string of the molecule is C[C@]12CCC(=O)C(N)=C1C=C[C@@H]1[C@@H]2CC[C@]2(C)C(C(=O)NC3CCCCC3)CC[C@@H]12. The summed E-state index contributed by atoms with van der Waals surface area (Å²) in [4.78, 5) is 25.5. The highest BCUT2D eigenvalue weighted by Gasteiger charge is 2.59. The van der Waals surface area contributed by atoms with Crippen molar-refractivity contribution in [2.45, 2.75) is 90.5 Å². The normalized spacial score (nSPS) is 43.7. The van der Waals surface area contributed by atoms with E-state index in [1.165, 1.54) is 19.3 Å². The minimum absolute atomic E-state index is 0.0151. The van der Waals surface area contributed by atoms with E-state index in [1.807, 2.05) is 0 Å². The van der Waals surface area contributed by atoms with Crippen LogP contribution in [0.5, 0.6) is 0 Å². The molecule has 0 saturated heterocycles. The van der Waals surface area contributed by atoms with Gasteiger partial charge in [-0.3, -0.25) is 9.59 Å². The molecule has 0 aromatic heterocycles. The fraction of sp³-hybridized carbons (Fsp3) is 0.769. The van der Waals surface area contributed by atoms with E-state index in [4.69, 9.17) is 5.73 Å². The molecule has 1 unspecified atom stereocenters. The summed E-state index contributed by atoms with van der Waals surface area (Å²) in [7, 11) is 0. The molecule has 6 atom stereocenters. The van der Waals surface area contributed by atoms with Crippen LogP contribution < -0.4 is 11.1 Å². The van der Waals surface area contributed by atoms with E-state index in [2.05, 4.69) is 31.3 Å². The Hall–Kier alpha value is -1.58. The van der Waals surface area contributed by atoms with Gasteiger partial charge in [-0.1, -0.05) is 45.3 Å². The number of hydrogen-bond acceptors (Lipinski definition) is 3. The monoisotopic (exact) mass is 410 g/mol. The number of rotatable bonds is 2. The number of carbonyl (C=O) groups is 2. The van der Waals surface area contributed by atoms with E-state index in [1.54, 1.807) is 0 Å². The Morgan fingerprint density at radius 3 is 2.57 bits per heavy atom. The second kappa shape index (κ2) is 7.24. The van der Waals surface area contributed by atoms with Crippen LogP contribution in [-0.4, -0.2) is 17.7 Å². The van der Waals surface area contributed by atoms with Crippen LogP contribution in [-0.2, 0) is 9.59 Å². The lowest BCUT2D eigenvalue weighted by molar-refractivity contribution is -0.132. The Morgan fingerprint density at radius 2 is 1.80 bits per heavy atom. The molecule has 30 heavy (non-hydrogen) atoms. The molecular formula is C26H38N2O2. The predicted octanol–water partition coefficient (Wildman–Crippen LogP) is 4.65. The van der Waals surface area contributed by atoms with Gasteiger partial charge in [-0.25, -0.2) is 0 Å². The van der Waals surface area contributed by atoms with Crippen molar-refractivity contribution in [1.82, 2.24) is 5.32 Å². The van der Waals surface area contributed by atoms with Gasteiger partial charge in [-0.05, 0) is 79.1 Å². The molecule has 164 valence electrons. The third-order valence-corrected chi connectivity index (χ3v) is 9.98. The molecule has 0 aromatic rings. The molecule has 0 aromatic carbocycles. The zero-order valence-electron chi connectivity index (χ0n) is 18.7. The van der Waals surface area contributed by atoms with Crippen LogP contribution in [0.15, 0.2) is 23.4 Å². The first-order valence-electron chi connectivity index (χ1n) is 12.4. The third kappa shape index (κ3) is 2.92. The second-order valence-electron chi connectivity index (χ2n) is 11.3. The summed E-state index contributed by atoms with van der Waals surface area (Å²) in [5.41, 5.74) is 7.95. The molecule has 3 saturated carbocycles. The number of ketones is 1. The average Bonchev–Trinajstić information content (AvgIpc) is 3.09. The summed E-state index contributed by atoms with van der Waals surface area (Å²) in [5.74, 6) is 2.21. The Labute approximate surface area is 181 Å². The molecule has 5 rings (SSSR count). The van der Waals surface area contributed by atoms with Crippen LogP contribution in [0.1, 0.15) is 84.5 Å². The molecule has 0 radical (unpaired) electrons. The smallest absolute Gasteiger partial charge is 0.223 e. The van der Waals surface area contributed by atoms with Gasteiger partial charge in [0.25, 0.3) is 0 Å². The first kappa shape index (κ1) is 20.3. The maximum Gasteiger partial charge on any atom is 0.223 e. The minimum Gasteiger partial charge on any atom is -0.396 e. The molecule has 0 aliphatic heterocycles. The van der Waals surface area contributed by atoms with Crippen LogP contribution in [0.3, 0.4) is 0 Å². The highest BCUT2D eigenvalue weighted by atomic mass is 16.2. The Balaban J connectivity index is 1.39. The van der Waals surface area contributed by atoms with Crippen LogP contribution in [0.4, 0.5) is 0 Å². The van der Waals surface area contributed by atoms with Gasteiger partial charge in [0.2, 0.25) is 5.91 Å². The van der Waals surface area contributed by atoms with Gasteiger partial charge in [0, 0.05) is 18.4 Å². The Morgan fingerprint density at radius 1 is 1.03 bits per heavy atom. The first-order chi connectivity index (χ1) is 14.3. The average molecular weight is 411 g/mol. The molecule has 1 amide bonds. The van der Waals surface area contributed by atoms with Gasteiger partial charge < -0.3 is 11.1 Å². The lowest BCUT2D eigenvalue weighted by Gasteiger charge is -2.56. The van der Waals surface area contributed by atoms with Crippen molar-refractivity contribution in [3.63, 3.8) is 0 Å². The van der Waals surface area contributed by atoms with E-state index < -0.39 is 0 Å². The van der Waals surface area contributed by atoms with E-state index in [9.17, 15) is 9.59 Å². The number of nitrogens with one attached hydrogen (secondary N) is 1. The van der Waals surface area contributed by atoms with E-state index >= 15 is 0 Å². The Bertz CT molecular complexity index is 808. The molecule has 4 heteroatoms. The summed E-state index contributed by atoms with van der Waals surface area (Å²) >= 11 is 0. The molecule has 0 heterocycles. The van der Waals surface area contributed by atoms with Crippen molar-refractivity contribution in [3.05, 3.63) is 23.4 Å². The maximum atomic E-state index is 13.3. The lowest BCUT2D eigenvalue weighted by atomic mass is 9.48. The fourth-order valence-corrected chi connectivity index (χ4v) is 8.16. The van der Waals surface area contributed by atoms with Gasteiger partial charge >= 0.3 is 0 Å². The van der Waals surface area contributed by atoms with Gasteiger partial charge in [-0.2, -0.15) is 0 Å². The number of amides is 1. The second-order valence-corrected chi connectivity index (χ2v) is 11.3. The van der Waals surface area contributed by atoms with Gasteiger partial charge in [0.1, 0.15) is 0 Å². The summed E-state index contributed by atoms with van der Waals surface area (Å²) in [6, 6.07) is 0.397. The first-order valence-corrected chi connectivity index (χ1v) is 12.4. The van der Waals surface area contributed by atoms with Gasteiger partial charge in [0.15, 0.2) is 5.78 Å². The van der Waals surface area contributed by atoms with Gasteiger partial charge in [0.05, 0.1) is 5.70 Å². The lowest BCUT2D eigenvalue weighted by Crippen LogP contribution is -2.52. The fourth-order valence-electron chi connectivity index (χ4n) is 8.16. The largest absolute Gasteiger partial charge is 0.396 e. The predicted molar refractivity (Wildman–Crippen MR) is 118 cm³/mol. The van der Waals surface area contributed by atoms with Crippen LogP contribution in [0.2, 0.25) is 0 Å². The van der Waals surface area contributed by atoms with Crippen molar-refractivity contribution >= 4 is 11.7 Å². The van der Waals surface area contributed by atoms with Crippen molar-refractivity contribution in [2.24, 2.45) is 40.2 Å². The third-order valence-electron chi connectivity index (χ3n) is 9.98. The molecule has 3 N–H and O–H groups in total. The van der Waals surface area contributed by atoms with Gasteiger partial charge in [-0.15, -0.1) is 0 Å². The number of carbonyl (C=O) groups excluding carboxylic acids is 2. The maximum absolute atomic E-state index is 13.3. The number of allylic oxidation sites excluding steroid dienone is 4. The molecule has 3 fully saturated rings. The molecule has 5 aliphatic carbocycles. The standard InChI is InChI=1S/C26H38N2O2/c1-25-15-13-22(29)23(27)20(25)9-8-17-18-10-11-21(26(18,2)14-12-19(17)25)24(30)28-16-6-4-3-5-7-16/h8-9,16-19,21H,3-7,10-15,27H2,1-2H3,(H,28,30)/t17-,18-,19-,21?,25+,26-/m0/s1. The summed E-state index contributed by atoms with van der Waals surface area (Å²) < 4.78 is 0. The molecule has 0 bridgehead atoms. The number of hydrogen-bond donors (Lipinski definition) is 2.